The maximum Gasteiger partial charge on any atom is 0.204 e. The number of halogens is 3. The molecule has 0 unspecified atom stereocenters. The van der Waals surface area contributed by atoms with Gasteiger partial charge in [-0.15, -0.1) is 0 Å². The number of rotatable bonds is 5. The van der Waals surface area contributed by atoms with Crippen LogP contribution in [-0.4, -0.2) is 19.5 Å². The maximum absolute atomic E-state index is 13.3. The Morgan fingerprint density at radius 2 is 1.86 bits per heavy atom. The smallest absolute Gasteiger partial charge is 0.204 e. The van der Waals surface area contributed by atoms with E-state index in [1.165, 1.54) is 19.2 Å². The Morgan fingerprint density at radius 1 is 1.14 bits per heavy atom. The highest BCUT2D eigenvalue weighted by atomic mass is 79.9. The molecule has 0 saturated heterocycles. The summed E-state index contributed by atoms with van der Waals surface area (Å²) in [5.41, 5.74) is 0.158. The second kappa shape index (κ2) is 7.04. The molecule has 0 aliphatic rings. The molecule has 6 heteroatoms. The van der Waals surface area contributed by atoms with Crippen molar-refractivity contribution in [3.8, 4) is 11.5 Å². The van der Waals surface area contributed by atoms with Crippen molar-refractivity contribution in [2.75, 3.05) is 13.7 Å². The first kappa shape index (κ1) is 16.0. The number of ketones is 1. The number of ether oxygens (including phenoxy) is 2. The van der Waals surface area contributed by atoms with Gasteiger partial charge in [-0.25, -0.2) is 4.39 Å². The summed E-state index contributed by atoms with van der Waals surface area (Å²) in [5, 5.41) is 0. The van der Waals surface area contributed by atoms with Gasteiger partial charge in [0.15, 0.2) is 6.61 Å². The monoisotopic (exact) mass is 416 g/mol. The SMILES string of the molecule is COc1ccc(F)cc1C(=O)COc1ccc(Br)cc1Br. The van der Waals surface area contributed by atoms with Crippen molar-refractivity contribution in [1.82, 2.24) is 0 Å². The third-order valence-electron chi connectivity index (χ3n) is 2.71. The third-order valence-corrected chi connectivity index (χ3v) is 3.83. The lowest BCUT2D eigenvalue weighted by molar-refractivity contribution is 0.0917. The molecule has 0 aliphatic heterocycles. The van der Waals surface area contributed by atoms with Crippen molar-refractivity contribution in [2.45, 2.75) is 0 Å². The van der Waals surface area contributed by atoms with Crippen LogP contribution in [0.5, 0.6) is 11.5 Å². The van der Waals surface area contributed by atoms with Crippen molar-refractivity contribution < 1.29 is 18.7 Å². The van der Waals surface area contributed by atoms with E-state index in [1.807, 2.05) is 6.07 Å². The summed E-state index contributed by atoms with van der Waals surface area (Å²) >= 11 is 6.67. The van der Waals surface area contributed by atoms with Crippen LogP contribution in [0.15, 0.2) is 45.3 Å². The van der Waals surface area contributed by atoms with Crippen molar-refractivity contribution in [3.63, 3.8) is 0 Å². The van der Waals surface area contributed by atoms with Gasteiger partial charge in [-0.2, -0.15) is 0 Å². The predicted molar refractivity (Wildman–Crippen MR) is 84.6 cm³/mol. The minimum absolute atomic E-state index is 0.158. The molecule has 0 spiro atoms. The van der Waals surface area contributed by atoms with Crippen LogP contribution in [0, 0.1) is 5.82 Å². The van der Waals surface area contributed by atoms with Gasteiger partial charge in [-0.3, -0.25) is 4.79 Å². The molecule has 3 nitrogen and oxygen atoms in total. The summed E-state index contributed by atoms with van der Waals surface area (Å²) in [4.78, 5) is 12.1. The molecule has 0 amide bonds. The summed E-state index contributed by atoms with van der Waals surface area (Å²) in [7, 11) is 1.43. The molecular formula is C15H11Br2FO3. The molecule has 110 valence electrons. The molecule has 0 N–H and O–H groups in total. The zero-order valence-electron chi connectivity index (χ0n) is 11.0. The van der Waals surface area contributed by atoms with E-state index in [-0.39, 0.29) is 18.0 Å². The Bertz CT molecular complexity index is 674. The van der Waals surface area contributed by atoms with E-state index in [4.69, 9.17) is 9.47 Å². The Kier molecular flexibility index (Phi) is 5.36. The zero-order chi connectivity index (χ0) is 15.4. The van der Waals surface area contributed by atoms with Gasteiger partial charge in [-0.05, 0) is 52.3 Å². The fourth-order valence-electron chi connectivity index (χ4n) is 1.71. The number of hydrogen-bond donors (Lipinski definition) is 0. The van der Waals surface area contributed by atoms with E-state index in [0.717, 1.165) is 15.0 Å². The van der Waals surface area contributed by atoms with Crippen LogP contribution in [0.2, 0.25) is 0 Å². The number of carbonyl (C=O) groups excluding carboxylic acids is 1. The van der Waals surface area contributed by atoms with Crippen molar-refractivity contribution in [1.29, 1.82) is 0 Å². The molecule has 2 aromatic carbocycles. The van der Waals surface area contributed by atoms with Crippen LogP contribution in [0.3, 0.4) is 0 Å². The Labute approximate surface area is 138 Å². The third kappa shape index (κ3) is 4.04. The minimum atomic E-state index is -0.496. The molecule has 2 aromatic rings. The topological polar surface area (TPSA) is 35.5 Å². The summed E-state index contributed by atoms with van der Waals surface area (Å²) in [6.07, 6.45) is 0. The average molecular weight is 418 g/mol. The van der Waals surface area contributed by atoms with Gasteiger partial charge in [0.1, 0.15) is 17.3 Å². The normalized spacial score (nSPS) is 10.3. The molecule has 0 aliphatic carbocycles. The van der Waals surface area contributed by atoms with Crippen LogP contribution < -0.4 is 9.47 Å². The molecule has 0 fully saturated rings. The fraction of sp³-hybridized carbons (Fsp3) is 0.133. The summed E-state index contributed by atoms with van der Waals surface area (Å²) in [6, 6.07) is 9.13. The van der Waals surface area contributed by atoms with Gasteiger partial charge < -0.3 is 9.47 Å². The zero-order valence-corrected chi connectivity index (χ0v) is 14.2. The van der Waals surface area contributed by atoms with E-state index in [1.54, 1.807) is 12.1 Å². The number of methoxy groups -OCH3 is 1. The fourth-order valence-corrected chi connectivity index (χ4v) is 2.87. The average Bonchev–Trinajstić information content (AvgIpc) is 2.46. The van der Waals surface area contributed by atoms with Crippen LogP contribution in [0.4, 0.5) is 4.39 Å². The molecule has 0 aromatic heterocycles. The molecule has 0 atom stereocenters. The maximum atomic E-state index is 13.3. The van der Waals surface area contributed by atoms with Crippen LogP contribution in [-0.2, 0) is 0 Å². The van der Waals surface area contributed by atoms with Crippen molar-refractivity contribution in [2.24, 2.45) is 0 Å². The number of hydrogen-bond acceptors (Lipinski definition) is 3. The van der Waals surface area contributed by atoms with E-state index >= 15 is 0 Å². The van der Waals surface area contributed by atoms with E-state index < -0.39 is 5.82 Å². The standard InChI is InChI=1S/C15H11Br2FO3/c1-20-14-5-3-10(18)7-11(14)13(19)8-21-15-4-2-9(16)6-12(15)17/h2-7H,8H2,1H3. The second-order valence-electron chi connectivity index (χ2n) is 4.13. The van der Waals surface area contributed by atoms with Crippen LogP contribution in [0.25, 0.3) is 0 Å². The van der Waals surface area contributed by atoms with Gasteiger partial charge in [-0.1, -0.05) is 15.9 Å². The molecule has 2 rings (SSSR count). The molecule has 0 heterocycles. The molecular weight excluding hydrogens is 407 g/mol. The Balaban J connectivity index is 2.13. The molecule has 0 radical (unpaired) electrons. The lowest BCUT2D eigenvalue weighted by Gasteiger charge is -2.10. The number of benzene rings is 2. The first-order valence-electron chi connectivity index (χ1n) is 5.96. The summed E-state index contributed by atoms with van der Waals surface area (Å²) in [5.74, 6) is -0.00747. The molecule has 0 saturated carbocycles. The quantitative estimate of drug-likeness (QED) is 0.666. The first-order valence-corrected chi connectivity index (χ1v) is 7.54. The second-order valence-corrected chi connectivity index (χ2v) is 5.90. The van der Waals surface area contributed by atoms with Gasteiger partial charge in [0, 0.05) is 4.47 Å². The van der Waals surface area contributed by atoms with E-state index in [0.29, 0.717) is 11.5 Å². The largest absolute Gasteiger partial charge is 0.496 e. The van der Waals surface area contributed by atoms with Gasteiger partial charge in [0.25, 0.3) is 0 Å². The lowest BCUT2D eigenvalue weighted by atomic mass is 10.1. The highest BCUT2D eigenvalue weighted by Gasteiger charge is 2.15. The van der Waals surface area contributed by atoms with Crippen LogP contribution >= 0.6 is 31.9 Å². The predicted octanol–water partition coefficient (Wildman–Crippen LogP) is 4.62. The highest BCUT2D eigenvalue weighted by Crippen LogP contribution is 2.28. The lowest BCUT2D eigenvalue weighted by Crippen LogP contribution is -2.13. The van der Waals surface area contributed by atoms with Gasteiger partial charge >= 0.3 is 0 Å². The Hall–Kier alpha value is -1.40. The number of Topliss-reactive ketones (excluding diaryl/α,β-unsaturated/α-hetero) is 1. The van der Waals surface area contributed by atoms with Crippen molar-refractivity contribution in [3.05, 3.63) is 56.7 Å². The number of carbonyl (C=O) groups is 1. The van der Waals surface area contributed by atoms with E-state index in [2.05, 4.69) is 31.9 Å². The molecule has 0 bridgehead atoms. The summed E-state index contributed by atoms with van der Waals surface area (Å²) in [6.45, 7) is -0.208. The highest BCUT2D eigenvalue weighted by molar-refractivity contribution is 9.11. The van der Waals surface area contributed by atoms with E-state index in [9.17, 15) is 9.18 Å². The first-order chi connectivity index (χ1) is 10.0. The summed E-state index contributed by atoms with van der Waals surface area (Å²) < 4.78 is 25.4. The molecule has 21 heavy (non-hydrogen) atoms. The Morgan fingerprint density at radius 3 is 2.52 bits per heavy atom. The van der Waals surface area contributed by atoms with Gasteiger partial charge in [0.2, 0.25) is 5.78 Å². The van der Waals surface area contributed by atoms with Gasteiger partial charge in [0.05, 0.1) is 17.1 Å². The van der Waals surface area contributed by atoms with Crippen LogP contribution in [0.1, 0.15) is 10.4 Å². The minimum Gasteiger partial charge on any atom is -0.496 e. The van der Waals surface area contributed by atoms with Crippen molar-refractivity contribution >= 4 is 37.6 Å².